The summed E-state index contributed by atoms with van der Waals surface area (Å²) in [6.45, 7) is 4.38. The highest BCUT2D eigenvalue weighted by molar-refractivity contribution is 8.03. The summed E-state index contributed by atoms with van der Waals surface area (Å²) in [5.74, 6) is -1.40. The van der Waals surface area contributed by atoms with Crippen molar-refractivity contribution >= 4 is 23.4 Å². The molecule has 0 aliphatic carbocycles. The lowest BCUT2D eigenvalue weighted by atomic mass is 10.2. The number of halogens is 1. The number of aromatic nitrogens is 1. The van der Waals surface area contributed by atoms with Gasteiger partial charge in [0.25, 0.3) is 0 Å². The van der Waals surface area contributed by atoms with Gasteiger partial charge in [0.05, 0.1) is 6.20 Å². The van der Waals surface area contributed by atoms with Gasteiger partial charge in [0.1, 0.15) is 23.2 Å². The van der Waals surface area contributed by atoms with E-state index in [-0.39, 0.29) is 16.9 Å². The van der Waals surface area contributed by atoms with Gasteiger partial charge in [-0.3, -0.25) is 0 Å². The quantitative estimate of drug-likeness (QED) is 0.778. The third kappa shape index (κ3) is 5.57. The zero-order chi connectivity index (χ0) is 20.8. The van der Waals surface area contributed by atoms with Crippen LogP contribution in [0.15, 0.2) is 51.9 Å². The van der Waals surface area contributed by atoms with Crippen LogP contribution < -0.4 is 10.6 Å². The predicted molar refractivity (Wildman–Crippen MR) is 108 cm³/mol. The molecular formula is C19H25FN4O3S. The van der Waals surface area contributed by atoms with Crippen molar-refractivity contribution in [3.05, 3.63) is 58.7 Å². The van der Waals surface area contributed by atoms with Crippen LogP contribution in [0.3, 0.4) is 0 Å². The number of aliphatic carboxylic acids is 1. The maximum Gasteiger partial charge on any atom is 0.353 e. The van der Waals surface area contributed by atoms with E-state index in [4.69, 9.17) is 10.3 Å². The minimum atomic E-state index is -1.03. The van der Waals surface area contributed by atoms with Gasteiger partial charge < -0.3 is 25.2 Å². The van der Waals surface area contributed by atoms with Gasteiger partial charge in [0.15, 0.2) is 0 Å². The minimum absolute atomic E-state index is 0.187. The number of likely N-dealkylation sites (N-methyl/N-ethyl adjacent to an activating group) is 1. The average Bonchev–Trinajstić information content (AvgIpc) is 3.22. The summed E-state index contributed by atoms with van der Waals surface area (Å²) < 4.78 is 18.2. The number of hydrogen-bond donors (Lipinski definition) is 2. The van der Waals surface area contributed by atoms with Crippen molar-refractivity contribution in [2.75, 3.05) is 25.5 Å². The van der Waals surface area contributed by atoms with E-state index in [0.29, 0.717) is 18.3 Å². The first-order chi connectivity index (χ1) is 13.2. The van der Waals surface area contributed by atoms with Crippen molar-refractivity contribution in [2.45, 2.75) is 25.3 Å². The lowest BCUT2D eigenvalue weighted by Gasteiger charge is -2.26. The molecular weight excluding hydrogens is 383 g/mol. The predicted octanol–water partition coefficient (Wildman–Crippen LogP) is 3.28. The number of nitrogens with zero attached hydrogens (tertiary/aromatic N) is 3. The van der Waals surface area contributed by atoms with E-state index in [1.807, 2.05) is 32.8 Å². The summed E-state index contributed by atoms with van der Waals surface area (Å²) in [5.41, 5.74) is 6.64. The Balaban J connectivity index is 0.000000640. The lowest BCUT2D eigenvalue weighted by Crippen LogP contribution is -2.27. The Kier molecular flexibility index (Phi) is 7.61. The van der Waals surface area contributed by atoms with Crippen LogP contribution in [0.2, 0.25) is 0 Å². The molecule has 0 saturated carbocycles. The molecule has 2 aromatic rings. The Labute approximate surface area is 168 Å². The summed E-state index contributed by atoms with van der Waals surface area (Å²) in [4.78, 5) is 16.2. The van der Waals surface area contributed by atoms with Gasteiger partial charge in [-0.25, -0.2) is 9.18 Å². The Morgan fingerprint density at radius 1 is 1.39 bits per heavy atom. The molecule has 1 unspecified atom stereocenters. The van der Waals surface area contributed by atoms with Crippen molar-refractivity contribution in [3.8, 4) is 0 Å². The van der Waals surface area contributed by atoms with Crippen molar-refractivity contribution in [2.24, 2.45) is 5.73 Å². The van der Waals surface area contributed by atoms with E-state index < -0.39 is 5.97 Å². The second kappa shape index (κ2) is 9.72. The van der Waals surface area contributed by atoms with Crippen LogP contribution in [-0.4, -0.2) is 47.8 Å². The smallest absolute Gasteiger partial charge is 0.353 e. The van der Waals surface area contributed by atoms with E-state index in [0.717, 1.165) is 10.5 Å². The van der Waals surface area contributed by atoms with E-state index in [1.165, 1.54) is 30.2 Å². The molecule has 9 heteroatoms. The molecule has 152 valence electrons. The molecule has 0 spiro atoms. The van der Waals surface area contributed by atoms with Gasteiger partial charge in [0, 0.05) is 22.7 Å². The maximum absolute atomic E-state index is 13.3. The van der Waals surface area contributed by atoms with Gasteiger partial charge in [0.2, 0.25) is 0 Å². The van der Waals surface area contributed by atoms with Crippen molar-refractivity contribution in [1.29, 1.82) is 0 Å². The molecule has 0 radical (unpaired) electrons. The number of carbonyl (C=O) groups is 1. The van der Waals surface area contributed by atoms with Crippen LogP contribution in [0, 0.1) is 5.82 Å². The maximum atomic E-state index is 13.3. The second-order valence-electron chi connectivity index (χ2n) is 6.83. The number of anilines is 1. The fourth-order valence-corrected chi connectivity index (χ4v) is 4.02. The first kappa shape index (κ1) is 21.9. The van der Waals surface area contributed by atoms with Crippen LogP contribution in [0.4, 0.5) is 10.1 Å². The van der Waals surface area contributed by atoms with Crippen LogP contribution in [-0.2, 0) is 4.79 Å². The van der Waals surface area contributed by atoms with Gasteiger partial charge in [-0.15, -0.1) is 0 Å². The molecule has 1 atom stereocenters. The fraction of sp³-hybridized carbons (Fsp3) is 0.368. The Morgan fingerprint density at radius 3 is 2.46 bits per heavy atom. The number of carboxylic acid groups (broad SMARTS) is 1. The SMILES string of the molecule is CC(C)N.CN(C)CC1=C(C(=O)O)N(c2ccc(F)cc2)C(c2cnoc2)S1. The molecule has 3 rings (SSSR count). The molecule has 0 fully saturated rings. The van der Waals surface area contributed by atoms with E-state index in [2.05, 4.69) is 5.16 Å². The van der Waals surface area contributed by atoms with Crippen LogP contribution >= 0.6 is 11.8 Å². The number of carboxylic acids is 1. The largest absolute Gasteiger partial charge is 0.477 e. The second-order valence-corrected chi connectivity index (χ2v) is 8.01. The Hall–Kier alpha value is -2.36. The summed E-state index contributed by atoms with van der Waals surface area (Å²) in [7, 11) is 3.75. The van der Waals surface area contributed by atoms with E-state index in [9.17, 15) is 14.3 Å². The van der Waals surface area contributed by atoms with Gasteiger partial charge in [-0.05, 0) is 44.4 Å². The molecule has 0 bridgehead atoms. The summed E-state index contributed by atoms with van der Waals surface area (Å²) in [6.07, 6.45) is 3.05. The zero-order valence-electron chi connectivity index (χ0n) is 16.3. The molecule has 3 N–H and O–H groups in total. The molecule has 2 heterocycles. The van der Waals surface area contributed by atoms with Gasteiger partial charge >= 0.3 is 5.97 Å². The molecule has 28 heavy (non-hydrogen) atoms. The molecule has 1 aliphatic rings. The Morgan fingerprint density at radius 2 is 2.00 bits per heavy atom. The number of hydrogen-bond acceptors (Lipinski definition) is 7. The third-order valence-electron chi connectivity index (χ3n) is 3.50. The molecule has 1 aromatic heterocycles. The van der Waals surface area contributed by atoms with Crippen molar-refractivity contribution < 1.29 is 18.8 Å². The van der Waals surface area contributed by atoms with E-state index >= 15 is 0 Å². The molecule has 0 amide bonds. The standard InChI is InChI=1S/C16H16FN3O3S.C3H9N/c1-19(2)8-13-14(16(21)22)20(12-5-3-11(17)4-6-12)15(24-13)10-7-18-23-9-10;1-3(2)4/h3-7,9,15H,8H2,1-2H3,(H,21,22);3H,4H2,1-2H3. The minimum Gasteiger partial charge on any atom is -0.477 e. The summed E-state index contributed by atoms with van der Waals surface area (Å²) in [6, 6.07) is 6.10. The molecule has 1 aliphatic heterocycles. The average molecular weight is 408 g/mol. The Bertz CT molecular complexity index is 804. The highest BCUT2D eigenvalue weighted by Crippen LogP contribution is 2.49. The normalized spacial score (nSPS) is 16.6. The summed E-state index contributed by atoms with van der Waals surface area (Å²) >= 11 is 1.43. The number of rotatable bonds is 5. The van der Waals surface area contributed by atoms with Crippen LogP contribution in [0.5, 0.6) is 0 Å². The molecule has 1 aromatic carbocycles. The van der Waals surface area contributed by atoms with Crippen LogP contribution in [0.1, 0.15) is 24.8 Å². The highest BCUT2D eigenvalue weighted by Gasteiger charge is 2.39. The van der Waals surface area contributed by atoms with Crippen molar-refractivity contribution in [3.63, 3.8) is 0 Å². The third-order valence-corrected chi connectivity index (χ3v) is 4.81. The van der Waals surface area contributed by atoms with Gasteiger partial charge in [-0.1, -0.05) is 30.8 Å². The zero-order valence-corrected chi connectivity index (χ0v) is 17.1. The van der Waals surface area contributed by atoms with Crippen molar-refractivity contribution in [1.82, 2.24) is 10.1 Å². The topological polar surface area (TPSA) is 95.8 Å². The number of thioether (sulfide) groups is 1. The number of nitrogens with two attached hydrogens (primary N) is 1. The van der Waals surface area contributed by atoms with Gasteiger partial charge in [-0.2, -0.15) is 0 Å². The monoisotopic (exact) mass is 408 g/mol. The number of benzene rings is 1. The molecule has 0 saturated heterocycles. The first-order valence-electron chi connectivity index (χ1n) is 8.68. The van der Waals surface area contributed by atoms with Crippen LogP contribution in [0.25, 0.3) is 0 Å². The fourth-order valence-electron chi connectivity index (χ4n) is 2.53. The first-order valence-corrected chi connectivity index (χ1v) is 9.56. The lowest BCUT2D eigenvalue weighted by molar-refractivity contribution is -0.132. The molecule has 7 nitrogen and oxygen atoms in total. The summed E-state index contributed by atoms with van der Waals surface area (Å²) in [5, 5.41) is 13.1. The highest BCUT2D eigenvalue weighted by atomic mass is 32.2. The van der Waals surface area contributed by atoms with E-state index in [1.54, 1.807) is 23.2 Å².